The zero-order valence-electron chi connectivity index (χ0n) is 10.0. The lowest BCUT2D eigenvalue weighted by atomic mass is 10.0. The number of hydrogen-bond acceptors (Lipinski definition) is 5. The van der Waals surface area contributed by atoms with Gasteiger partial charge in [-0.3, -0.25) is 10.1 Å². The van der Waals surface area contributed by atoms with Crippen LogP contribution in [0.25, 0.3) is 6.08 Å². The molecule has 0 amide bonds. The van der Waals surface area contributed by atoms with Crippen LogP contribution in [0.1, 0.15) is 18.1 Å². The Bertz CT molecular complexity index is 525. The molecule has 0 radical (unpaired) electrons. The Morgan fingerprint density at radius 2 is 2.33 bits per heavy atom. The van der Waals surface area contributed by atoms with Gasteiger partial charge in [-0.25, -0.2) is 0 Å². The Hall–Kier alpha value is -2.08. The Morgan fingerprint density at radius 1 is 1.61 bits per heavy atom. The van der Waals surface area contributed by atoms with Crippen LogP contribution in [0.5, 0.6) is 11.5 Å². The van der Waals surface area contributed by atoms with E-state index in [-0.39, 0.29) is 5.75 Å². The van der Waals surface area contributed by atoms with Gasteiger partial charge in [-0.1, -0.05) is 0 Å². The van der Waals surface area contributed by atoms with Gasteiger partial charge < -0.3 is 14.6 Å². The van der Waals surface area contributed by atoms with Crippen molar-refractivity contribution in [1.29, 1.82) is 0 Å². The zero-order valence-corrected chi connectivity index (χ0v) is 10.0. The molecule has 1 aromatic rings. The molecule has 1 N–H and O–H groups in total. The molecule has 1 atom stereocenters. The molecule has 0 aliphatic carbocycles. The zero-order chi connectivity index (χ0) is 13.3. The molecule has 96 valence electrons. The van der Waals surface area contributed by atoms with Crippen LogP contribution in [0.2, 0.25) is 0 Å². The van der Waals surface area contributed by atoms with Crippen molar-refractivity contribution in [2.24, 2.45) is 0 Å². The van der Waals surface area contributed by atoms with Crippen molar-refractivity contribution in [3.8, 4) is 11.5 Å². The van der Waals surface area contributed by atoms with E-state index in [2.05, 4.69) is 0 Å². The molecule has 1 aromatic carbocycles. The number of nitrogens with zero attached hydrogens (tertiary/aromatic N) is 1. The monoisotopic (exact) mass is 251 g/mol. The Balaban J connectivity index is 2.45. The molecule has 6 heteroatoms. The second kappa shape index (κ2) is 4.30. The molecule has 1 aliphatic heterocycles. The lowest BCUT2D eigenvalue weighted by Crippen LogP contribution is -2.32. The summed E-state index contributed by atoms with van der Waals surface area (Å²) in [5.74, 6) is -0.246. The van der Waals surface area contributed by atoms with Crippen LogP contribution in [0, 0.1) is 10.1 Å². The van der Waals surface area contributed by atoms with Gasteiger partial charge in [-0.2, -0.15) is 0 Å². The molecule has 18 heavy (non-hydrogen) atoms. The summed E-state index contributed by atoms with van der Waals surface area (Å²) < 4.78 is 10.8. The summed E-state index contributed by atoms with van der Waals surface area (Å²) in [6.07, 6.45) is 2.47. The molecule has 2 rings (SSSR count). The lowest BCUT2D eigenvalue weighted by Gasteiger charge is -2.21. The number of methoxy groups -OCH3 is 1. The number of hydrogen-bond donors (Lipinski definition) is 1. The van der Waals surface area contributed by atoms with Gasteiger partial charge in [0.05, 0.1) is 4.92 Å². The fourth-order valence-electron chi connectivity index (χ4n) is 1.94. The maximum Gasteiger partial charge on any atom is 0.235 e. The first-order chi connectivity index (χ1) is 8.45. The molecule has 1 unspecified atom stereocenters. The molecule has 0 saturated carbocycles. The Morgan fingerprint density at radius 3 is 2.94 bits per heavy atom. The molecular formula is C12H13NO5. The van der Waals surface area contributed by atoms with Gasteiger partial charge >= 0.3 is 0 Å². The number of phenolic OH excluding ortho intramolecular Hbond substituents is 1. The van der Waals surface area contributed by atoms with E-state index >= 15 is 0 Å². The van der Waals surface area contributed by atoms with Gasteiger partial charge in [-0.05, 0) is 12.1 Å². The highest BCUT2D eigenvalue weighted by atomic mass is 16.7. The van der Waals surface area contributed by atoms with Crippen molar-refractivity contribution in [3.05, 3.63) is 39.6 Å². The minimum atomic E-state index is -0.798. The van der Waals surface area contributed by atoms with Gasteiger partial charge in [0.15, 0.2) is 0 Å². The van der Waals surface area contributed by atoms with Crippen LogP contribution in [0.3, 0.4) is 0 Å². The highest BCUT2D eigenvalue weighted by Gasteiger charge is 2.36. The summed E-state index contributed by atoms with van der Waals surface area (Å²) in [7, 11) is 1.53. The van der Waals surface area contributed by atoms with E-state index in [9.17, 15) is 15.2 Å². The van der Waals surface area contributed by atoms with Crippen molar-refractivity contribution in [2.45, 2.75) is 19.1 Å². The van der Waals surface area contributed by atoms with E-state index in [1.54, 1.807) is 13.0 Å². The van der Waals surface area contributed by atoms with Gasteiger partial charge in [0.2, 0.25) is 12.0 Å². The number of benzene rings is 1. The predicted molar refractivity (Wildman–Crippen MR) is 63.9 cm³/mol. The summed E-state index contributed by atoms with van der Waals surface area (Å²) in [6.45, 7) is 1.77. The second-order valence-corrected chi connectivity index (χ2v) is 4.19. The summed E-state index contributed by atoms with van der Waals surface area (Å²) >= 11 is 0. The lowest BCUT2D eigenvalue weighted by molar-refractivity contribution is -0.400. The van der Waals surface area contributed by atoms with Crippen LogP contribution < -0.4 is 4.74 Å². The third-order valence-electron chi connectivity index (χ3n) is 2.91. The van der Waals surface area contributed by atoms with Gasteiger partial charge in [0.1, 0.15) is 11.5 Å². The third-order valence-corrected chi connectivity index (χ3v) is 2.91. The first kappa shape index (κ1) is 12.4. The molecule has 6 nitrogen and oxygen atoms in total. The van der Waals surface area contributed by atoms with Gasteiger partial charge in [0.25, 0.3) is 0 Å². The molecule has 1 heterocycles. The summed E-state index contributed by atoms with van der Waals surface area (Å²) in [6, 6.07) is 3.07. The van der Waals surface area contributed by atoms with E-state index in [0.29, 0.717) is 23.3 Å². The number of rotatable bonds is 3. The van der Waals surface area contributed by atoms with Crippen molar-refractivity contribution in [3.63, 3.8) is 0 Å². The first-order valence-corrected chi connectivity index (χ1v) is 5.36. The van der Waals surface area contributed by atoms with Crippen LogP contribution in [0.4, 0.5) is 0 Å². The van der Waals surface area contributed by atoms with E-state index < -0.39 is 10.7 Å². The van der Waals surface area contributed by atoms with Crippen molar-refractivity contribution in [1.82, 2.24) is 0 Å². The van der Waals surface area contributed by atoms with Crippen molar-refractivity contribution >= 4 is 6.08 Å². The molecule has 0 fully saturated rings. The Kier molecular flexibility index (Phi) is 2.96. The number of fused-ring (bicyclic) bond motifs is 1. The standard InChI is InChI=1S/C12H13NO5/c1-12(17-2)7-9-8(5-6-13(15)16)10(14)3-4-11(9)18-12/h3-6,14H,7H2,1-2H3/b6-5+. The fourth-order valence-corrected chi connectivity index (χ4v) is 1.94. The second-order valence-electron chi connectivity index (χ2n) is 4.19. The number of aromatic hydroxyl groups is 1. The molecule has 0 aromatic heterocycles. The Labute approximate surface area is 104 Å². The smallest absolute Gasteiger partial charge is 0.235 e. The summed E-state index contributed by atoms with van der Waals surface area (Å²) in [5.41, 5.74) is 1.10. The van der Waals surface area contributed by atoms with E-state index in [1.165, 1.54) is 19.3 Å². The number of nitro groups is 1. The van der Waals surface area contributed by atoms with Gasteiger partial charge in [-0.15, -0.1) is 0 Å². The van der Waals surface area contributed by atoms with Crippen LogP contribution >= 0.6 is 0 Å². The molecule has 0 bridgehead atoms. The van der Waals surface area contributed by atoms with Crippen molar-refractivity contribution < 1.29 is 19.5 Å². The average molecular weight is 251 g/mol. The van der Waals surface area contributed by atoms with E-state index in [0.717, 1.165) is 6.20 Å². The molecule has 1 aliphatic rings. The maximum atomic E-state index is 10.3. The highest BCUT2D eigenvalue weighted by molar-refractivity contribution is 5.65. The number of ether oxygens (including phenoxy) is 2. The minimum absolute atomic E-state index is 0.0178. The van der Waals surface area contributed by atoms with Crippen LogP contribution in [0.15, 0.2) is 18.3 Å². The topological polar surface area (TPSA) is 81.8 Å². The van der Waals surface area contributed by atoms with E-state index in [4.69, 9.17) is 9.47 Å². The molecular weight excluding hydrogens is 238 g/mol. The van der Waals surface area contributed by atoms with E-state index in [1.807, 2.05) is 0 Å². The first-order valence-electron chi connectivity index (χ1n) is 5.36. The highest BCUT2D eigenvalue weighted by Crippen LogP contribution is 2.41. The SMILES string of the molecule is COC1(C)Cc2c(ccc(O)c2/C=C/[N+](=O)[O-])O1. The van der Waals surface area contributed by atoms with Crippen LogP contribution in [-0.4, -0.2) is 22.9 Å². The third kappa shape index (κ3) is 2.14. The summed E-state index contributed by atoms with van der Waals surface area (Å²) in [5, 5.41) is 20.1. The normalized spacial score (nSPS) is 21.9. The largest absolute Gasteiger partial charge is 0.507 e. The minimum Gasteiger partial charge on any atom is -0.507 e. The van der Waals surface area contributed by atoms with Gasteiger partial charge in [0, 0.05) is 37.7 Å². The summed E-state index contributed by atoms with van der Waals surface area (Å²) in [4.78, 5) is 9.77. The van der Waals surface area contributed by atoms with Crippen molar-refractivity contribution in [2.75, 3.05) is 7.11 Å². The molecule has 0 spiro atoms. The molecule has 0 saturated heterocycles. The average Bonchev–Trinajstić information content (AvgIpc) is 2.65. The fraction of sp³-hybridized carbons (Fsp3) is 0.333. The number of phenols is 1. The maximum absolute atomic E-state index is 10.3. The van der Waals surface area contributed by atoms with Crippen LogP contribution in [-0.2, 0) is 11.2 Å². The predicted octanol–water partition coefficient (Wildman–Crippen LogP) is 1.94. The quantitative estimate of drug-likeness (QED) is 0.655.